The van der Waals surface area contributed by atoms with Crippen LogP contribution in [0.5, 0.6) is 11.5 Å². The van der Waals surface area contributed by atoms with Gasteiger partial charge < -0.3 is 19.5 Å². The van der Waals surface area contributed by atoms with Gasteiger partial charge in [-0.1, -0.05) is 36.7 Å². The summed E-state index contributed by atoms with van der Waals surface area (Å²) in [5.74, 6) is 1.85. The molecule has 0 aliphatic carbocycles. The Hall–Kier alpha value is -1.75. The van der Waals surface area contributed by atoms with Crippen LogP contribution in [0.3, 0.4) is 0 Å². The van der Waals surface area contributed by atoms with Gasteiger partial charge in [0.15, 0.2) is 0 Å². The molecule has 0 aromatic heterocycles. The third-order valence-electron chi connectivity index (χ3n) is 5.88. The summed E-state index contributed by atoms with van der Waals surface area (Å²) in [6.07, 6.45) is 3.28. The molecule has 1 atom stereocenters. The van der Waals surface area contributed by atoms with E-state index >= 15 is 0 Å². The molecular formula is C23H28ClNO3. The van der Waals surface area contributed by atoms with Gasteiger partial charge in [0.05, 0.1) is 0 Å². The highest BCUT2D eigenvalue weighted by Gasteiger charge is 2.42. The number of fused-ring (bicyclic) bond motifs is 1. The van der Waals surface area contributed by atoms with Crippen LogP contribution in [0.15, 0.2) is 42.5 Å². The third-order valence-corrected chi connectivity index (χ3v) is 6.12. The maximum atomic E-state index is 10.4. The molecule has 2 aliphatic rings. The Labute approximate surface area is 172 Å². The molecule has 2 heterocycles. The first-order valence-corrected chi connectivity index (χ1v) is 10.5. The summed E-state index contributed by atoms with van der Waals surface area (Å²) >= 11 is 6.12. The number of halogens is 1. The van der Waals surface area contributed by atoms with Crippen molar-refractivity contribution in [2.24, 2.45) is 0 Å². The van der Waals surface area contributed by atoms with Crippen molar-refractivity contribution in [3.8, 4) is 11.5 Å². The standard InChI is InChI=1S/C23H28ClNO3/c1-2-17-5-3-4-6-21(17)27-16-20(26)15-25-11-9-23(10-12-25)14-18-13-19(24)7-8-22(18)28-23/h3-8,13,20,26H,2,9-12,14-16H2,1H3/t20-/m0/s1. The molecule has 1 N–H and O–H groups in total. The summed E-state index contributed by atoms with van der Waals surface area (Å²) < 4.78 is 12.2. The smallest absolute Gasteiger partial charge is 0.123 e. The van der Waals surface area contributed by atoms with Crippen molar-refractivity contribution in [3.05, 3.63) is 58.6 Å². The molecule has 28 heavy (non-hydrogen) atoms. The average molecular weight is 402 g/mol. The van der Waals surface area contributed by atoms with E-state index in [9.17, 15) is 5.11 Å². The number of ether oxygens (including phenoxy) is 2. The fourth-order valence-electron chi connectivity index (χ4n) is 4.30. The monoisotopic (exact) mass is 401 g/mol. The zero-order chi connectivity index (χ0) is 19.6. The van der Waals surface area contributed by atoms with Crippen LogP contribution in [0.4, 0.5) is 0 Å². The highest BCUT2D eigenvalue weighted by atomic mass is 35.5. The Bertz CT molecular complexity index is 817. The topological polar surface area (TPSA) is 41.9 Å². The highest BCUT2D eigenvalue weighted by molar-refractivity contribution is 6.30. The number of rotatable bonds is 6. The number of aryl methyl sites for hydroxylation is 1. The van der Waals surface area contributed by atoms with Crippen molar-refractivity contribution >= 4 is 11.6 Å². The lowest BCUT2D eigenvalue weighted by Crippen LogP contribution is -2.49. The molecule has 4 nitrogen and oxygen atoms in total. The lowest BCUT2D eigenvalue weighted by molar-refractivity contribution is -0.00201. The minimum Gasteiger partial charge on any atom is -0.491 e. The first kappa shape index (κ1) is 19.6. The average Bonchev–Trinajstić information content (AvgIpc) is 3.05. The quantitative estimate of drug-likeness (QED) is 0.790. The normalized spacial score (nSPS) is 19.2. The minimum absolute atomic E-state index is 0.106. The number of hydrogen-bond acceptors (Lipinski definition) is 4. The molecule has 2 aliphatic heterocycles. The second-order valence-corrected chi connectivity index (χ2v) is 8.38. The molecule has 5 heteroatoms. The van der Waals surface area contributed by atoms with Crippen LogP contribution >= 0.6 is 11.6 Å². The predicted molar refractivity (Wildman–Crippen MR) is 112 cm³/mol. The summed E-state index contributed by atoms with van der Waals surface area (Å²) in [4.78, 5) is 2.31. The van der Waals surface area contributed by atoms with Gasteiger partial charge >= 0.3 is 0 Å². The molecule has 0 unspecified atom stereocenters. The van der Waals surface area contributed by atoms with Crippen molar-refractivity contribution < 1.29 is 14.6 Å². The Morgan fingerprint density at radius 3 is 2.79 bits per heavy atom. The van der Waals surface area contributed by atoms with Gasteiger partial charge in [-0.3, -0.25) is 0 Å². The van der Waals surface area contributed by atoms with Crippen molar-refractivity contribution in [2.75, 3.05) is 26.2 Å². The summed E-state index contributed by atoms with van der Waals surface area (Å²) in [7, 11) is 0. The molecule has 0 amide bonds. The van der Waals surface area contributed by atoms with Gasteiger partial charge in [-0.05, 0) is 41.8 Å². The van der Waals surface area contributed by atoms with E-state index in [0.29, 0.717) is 13.2 Å². The zero-order valence-corrected chi connectivity index (χ0v) is 17.1. The van der Waals surface area contributed by atoms with Crippen LogP contribution in [-0.4, -0.2) is 48.0 Å². The van der Waals surface area contributed by atoms with E-state index in [1.54, 1.807) is 0 Å². The molecule has 150 valence electrons. The van der Waals surface area contributed by atoms with E-state index in [-0.39, 0.29) is 5.60 Å². The number of para-hydroxylation sites is 1. The first-order chi connectivity index (χ1) is 13.6. The van der Waals surface area contributed by atoms with Crippen molar-refractivity contribution in [1.82, 2.24) is 4.90 Å². The van der Waals surface area contributed by atoms with Gasteiger partial charge in [0, 0.05) is 43.9 Å². The number of aliphatic hydroxyl groups excluding tert-OH is 1. The fourth-order valence-corrected chi connectivity index (χ4v) is 4.49. The highest BCUT2D eigenvalue weighted by Crippen LogP contribution is 2.41. The number of aliphatic hydroxyl groups is 1. The van der Waals surface area contributed by atoms with E-state index in [1.807, 2.05) is 36.4 Å². The second-order valence-electron chi connectivity index (χ2n) is 7.94. The molecule has 2 aromatic rings. The van der Waals surface area contributed by atoms with Gasteiger partial charge in [-0.25, -0.2) is 0 Å². The number of piperidine rings is 1. The minimum atomic E-state index is -0.500. The summed E-state index contributed by atoms with van der Waals surface area (Å²) in [5.41, 5.74) is 2.28. The van der Waals surface area contributed by atoms with Crippen LogP contribution in [0.2, 0.25) is 5.02 Å². The van der Waals surface area contributed by atoms with Crippen LogP contribution < -0.4 is 9.47 Å². The van der Waals surface area contributed by atoms with E-state index < -0.39 is 6.10 Å². The van der Waals surface area contributed by atoms with E-state index in [4.69, 9.17) is 21.1 Å². The SMILES string of the molecule is CCc1ccccc1OC[C@@H](O)CN1CCC2(CC1)Cc1cc(Cl)ccc1O2. The largest absolute Gasteiger partial charge is 0.491 e. The van der Waals surface area contributed by atoms with Gasteiger partial charge in [-0.15, -0.1) is 0 Å². The van der Waals surface area contributed by atoms with Crippen molar-refractivity contribution in [2.45, 2.75) is 44.3 Å². The van der Waals surface area contributed by atoms with E-state index in [2.05, 4.69) is 17.9 Å². The molecule has 0 bridgehead atoms. The summed E-state index contributed by atoms with van der Waals surface area (Å²) in [6.45, 7) is 4.90. The Morgan fingerprint density at radius 1 is 1.21 bits per heavy atom. The summed E-state index contributed by atoms with van der Waals surface area (Å²) in [5, 5.41) is 11.2. The summed E-state index contributed by atoms with van der Waals surface area (Å²) in [6, 6.07) is 13.9. The van der Waals surface area contributed by atoms with E-state index in [0.717, 1.165) is 55.3 Å². The Kier molecular flexibility index (Phi) is 5.81. The number of nitrogens with zero attached hydrogens (tertiary/aromatic N) is 1. The molecule has 0 saturated carbocycles. The Morgan fingerprint density at radius 2 is 2.00 bits per heavy atom. The number of hydrogen-bond donors (Lipinski definition) is 1. The molecule has 1 saturated heterocycles. The molecule has 4 rings (SSSR count). The number of benzene rings is 2. The van der Waals surface area contributed by atoms with Gasteiger partial charge in [-0.2, -0.15) is 0 Å². The van der Waals surface area contributed by atoms with Crippen molar-refractivity contribution in [1.29, 1.82) is 0 Å². The predicted octanol–water partition coefficient (Wildman–Crippen LogP) is 4.11. The third kappa shape index (κ3) is 4.29. The van der Waals surface area contributed by atoms with Crippen LogP contribution in [0.1, 0.15) is 30.9 Å². The van der Waals surface area contributed by atoms with Crippen LogP contribution in [-0.2, 0) is 12.8 Å². The van der Waals surface area contributed by atoms with Gasteiger partial charge in [0.1, 0.15) is 29.8 Å². The molecule has 1 spiro atoms. The van der Waals surface area contributed by atoms with Gasteiger partial charge in [0.25, 0.3) is 0 Å². The molecular weight excluding hydrogens is 374 g/mol. The lowest BCUT2D eigenvalue weighted by Gasteiger charge is -2.39. The zero-order valence-electron chi connectivity index (χ0n) is 16.4. The fraction of sp³-hybridized carbons (Fsp3) is 0.478. The Balaban J connectivity index is 1.26. The maximum Gasteiger partial charge on any atom is 0.123 e. The number of β-amino-alcohol motifs (C(OH)–C–C–N with tert-alkyl or cyclic N) is 1. The number of likely N-dealkylation sites (tertiary alicyclic amines) is 1. The van der Waals surface area contributed by atoms with Crippen molar-refractivity contribution in [3.63, 3.8) is 0 Å². The molecule has 2 aromatic carbocycles. The molecule has 1 fully saturated rings. The van der Waals surface area contributed by atoms with Crippen LogP contribution in [0.25, 0.3) is 0 Å². The lowest BCUT2D eigenvalue weighted by atomic mass is 9.87. The van der Waals surface area contributed by atoms with E-state index in [1.165, 1.54) is 11.1 Å². The first-order valence-electron chi connectivity index (χ1n) is 10.2. The van der Waals surface area contributed by atoms with Crippen LogP contribution in [0, 0.1) is 0 Å². The maximum absolute atomic E-state index is 10.4. The van der Waals surface area contributed by atoms with Gasteiger partial charge in [0.2, 0.25) is 0 Å². The second kappa shape index (κ2) is 8.32. The molecule has 0 radical (unpaired) electrons.